The van der Waals surface area contributed by atoms with Crippen LogP contribution in [0.25, 0.3) is 11.6 Å². The average molecular weight is 894 g/mol. The Labute approximate surface area is 284 Å². The van der Waals surface area contributed by atoms with Crippen molar-refractivity contribution < 1.29 is 34.3 Å². The molecule has 0 saturated heterocycles. The summed E-state index contributed by atoms with van der Waals surface area (Å²) in [4.78, 5) is 56.8. The molecule has 21 heteroatoms. The number of carbonyl (C=O) groups is 2. The summed E-state index contributed by atoms with van der Waals surface area (Å²) in [5, 5.41) is 35.0. The van der Waals surface area contributed by atoms with E-state index in [-0.39, 0.29) is 29.1 Å². The fourth-order valence-corrected chi connectivity index (χ4v) is 2.09. The summed E-state index contributed by atoms with van der Waals surface area (Å²) < 4.78 is 5.21. The first-order valence-corrected chi connectivity index (χ1v) is 19.9. The molecular formula is C26H26AuCl3N10O7. The van der Waals surface area contributed by atoms with E-state index in [1.807, 2.05) is 5.10 Å². The molecule has 0 radical (unpaired) electrons. The Hall–Kier alpha value is -5.03. The fraction of sp³-hybridized carbons (Fsp3) is 0.154. The van der Waals surface area contributed by atoms with Gasteiger partial charge in [0.1, 0.15) is 17.1 Å². The van der Waals surface area contributed by atoms with E-state index in [1.165, 1.54) is 25.1 Å². The van der Waals surface area contributed by atoms with Crippen LogP contribution in [0.5, 0.6) is 0 Å². The number of aromatic amines is 3. The van der Waals surface area contributed by atoms with Crippen molar-refractivity contribution in [1.29, 1.82) is 5.26 Å². The Kier molecular flexibility index (Phi) is 25.6. The van der Waals surface area contributed by atoms with Crippen LogP contribution in [0.4, 0.5) is 0 Å². The van der Waals surface area contributed by atoms with Gasteiger partial charge in [-0.05, 0) is 25.1 Å². The summed E-state index contributed by atoms with van der Waals surface area (Å²) in [5.74, 6) is 4.01. The van der Waals surface area contributed by atoms with Gasteiger partial charge >= 0.3 is 48.7 Å². The number of aryl methyl sites for hydroxylation is 1. The van der Waals surface area contributed by atoms with Crippen molar-refractivity contribution >= 4 is 39.4 Å². The summed E-state index contributed by atoms with van der Waals surface area (Å²) in [7, 11) is 14.9. The predicted molar refractivity (Wildman–Crippen MR) is 170 cm³/mol. The second kappa shape index (κ2) is 27.3. The summed E-state index contributed by atoms with van der Waals surface area (Å²) in [6.07, 6.45) is 11.2. The zero-order chi connectivity index (χ0) is 36.2. The van der Waals surface area contributed by atoms with Gasteiger partial charge in [0.15, 0.2) is 5.69 Å². The number of carboxylic acid groups (broad SMARTS) is 1. The number of halogens is 3. The molecule has 254 valence electrons. The van der Waals surface area contributed by atoms with E-state index in [0.717, 1.165) is 12.1 Å². The first kappa shape index (κ1) is 44.1. The quantitative estimate of drug-likeness (QED) is 0.125. The molecule has 0 aromatic carbocycles. The molecule has 47 heavy (non-hydrogen) atoms. The minimum atomic E-state index is -1.79. The minimum absolute atomic E-state index is 0.134. The number of rotatable bonds is 4. The summed E-state index contributed by atoms with van der Waals surface area (Å²) in [6, 6.07) is 9.48. The zero-order valence-corrected chi connectivity index (χ0v) is 28.7. The molecule has 7 N–H and O–H groups in total. The topological polar surface area (TPSA) is 279 Å². The molecule has 0 aliphatic carbocycles. The average Bonchev–Trinajstić information content (AvgIpc) is 3.47. The van der Waals surface area contributed by atoms with Gasteiger partial charge in [-0.2, -0.15) is 20.6 Å². The van der Waals surface area contributed by atoms with Crippen molar-refractivity contribution in [1.82, 2.24) is 40.9 Å². The number of nitrogens with zero attached hydrogens (tertiary/aromatic N) is 5. The molecule has 4 aromatic heterocycles. The molecule has 0 aliphatic rings. The Bertz CT molecular complexity index is 1760. The number of H-pyrrole nitrogens is 3. The molecule has 4 heterocycles. The van der Waals surface area contributed by atoms with Crippen molar-refractivity contribution in [2.24, 2.45) is 5.73 Å². The molecule has 1 amide bonds. The van der Waals surface area contributed by atoms with Gasteiger partial charge in [-0.3, -0.25) is 19.2 Å². The molecule has 4 rings (SSSR count). The number of hydrogen-bond donors (Lipinski definition) is 6. The summed E-state index contributed by atoms with van der Waals surface area (Å²) in [5.41, 5.74) is 4.27. The molecule has 17 nitrogen and oxygen atoms in total. The van der Waals surface area contributed by atoms with Crippen LogP contribution < -0.4 is 27.7 Å². The van der Waals surface area contributed by atoms with Gasteiger partial charge in [0.25, 0.3) is 22.6 Å². The van der Waals surface area contributed by atoms with E-state index in [2.05, 4.69) is 54.1 Å². The number of carboxylic acids is 1. The van der Waals surface area contributed by atoms with Gasteiger partial charge in [0.05, 0.1) is 25.4 Å². The van der Waals surface area contributed by atoms with E-state index in [1.54, 1.807) is 25.3 Å². The number of amides is 1. The molecule has 0 aliphatic heterocycles. The maximum atomic E-state index is 11.1. The van der Waals surface area contributed by atoms with Crippen molar-refractivity contribution in [3.63, 3.8) is 0 Å². The van der Waals surface area contributed by atoms with Gasteiger partial charge in [0, 0.05) is 25.1 Å². The number of carbonyl (C=O) groups excluding carboxylic acids is 1. The molecule has 4 aromatic rings. The van der Waals surface area contributed by atoms with E-state index in [9.17, 15) is 24.0 Å². The monoisotopic (exact) mass is 892 g/mol. The fourth-order valence-electron chi connectivity index (χ4n) is 2.09. The Balaban J connectivity index is 0. The molecule has 0 fully saturated rings. The third kappa shape index (κ3) is 23.9. The van der Waals surface area contributed by atoms with Crippen molar-refractivity contribution in [2.75, 3.05) is 13.1 Å². The second-order valence-corrected chi connectivity index (χ2v) is 16.5. The maximum absolute atomic E-state index is 11.1. The van der Waals surface area contributed by atoms with Gasteiger partial charge in [-0.25, -0.2) is 25.1 Å². The Morgan fingerprint density at radius 3 is 1.72 bits per heavy atom. The van der Waals surface area contributed by atoms with E-state index in [4.69, 9.17) is 54.5 Å². The standard InChI is InChI=1S/2C8H7N3O2.C5H4N2O3.C3H5N.C2H3N.Au.3ClH/c1-5-4-9-8(13-5)6-2-3-7(12)11-10-6;1-2-5-9-8(13)6-3-4-7(12)11-10-6;8-4-2-1-3(5(9)10)6-7-4;1-2-3-4;1-2-3;;;;/h2-4H,1H3,(H,11,12);1,3-4H,5H2,(H,9,13)(H,11,12);1-2H,(H,7,8)(H,9,10);1H,3-4H2;1H3;;3*1H/q;;;;;+3;;;/p-3. The van der Waals surface area contributed by atoms with Crippen molar-refractivity contribution in [3.8, 4) is 42.3 Å². The third-order valence-corrected chi connectivity index (χ3v) is 3.80. The van der Waals surface area contributed by atoms with Crippen LogP contribution >= 0.6 is 27.6 Å². The number of hydrogen-bond acceptors (Lipinski definition) is 12. The molecule has 0 saturated carbocycles. The van der Waals surface area contributed by atoms with Crippen LogP contribution in [0.15, 0.2) is 61.4 Å². The zero-order valence-electron chi connectivity index (χ0n) is 24.3. The summed E-state index contributed by atoms with van der Waals surface area (Å²) >= 11 is -1.79. The Morgan fingerprint density at radius 1 is 0.957 bits per heavy atom. The van der Waals surface area contributed by atoms with Crippen LogP contribution in [0, 0.1) is 42.9 Å². The number of aromatic carboxylic acids is 1. The number of oxazole rings is 1. The van der Waals surface area contributed by atoms with Crippen LogP contribution in [0.3, 0.4) is 0 Å². The predicted octanol–water partition coefficient (Wildman–Crippen LogP) is 1.51. The van der Waals surface area contributed by atoms with Crippen molar-refractivity contribution in [3.05, 3.63) is 90.8 Å². The van der Waals surface area contributed by atoms with Gasteiger partial charge in [-0.15, -0.1) is 12.8 Å². The van der Waals surface area contributed by atoms with Crippen LogP contribution in [0.2, 0.25) is 0 Å². The van der Waals surface area contributed by atoms with Crippen LogP contribution in [-0.4, -0.2) is 65.6 Å². The molecule has 0 unspecified atom stereocenters. The van der Waals surface area contributed by atoms with Crippen LogP contribution in [0.1, 0.15) is 33.7 Å². The first-order valence-electron chi connectivity index (χ1n) is 11.9. The molecule has 0 spiro atoms. The van der Waals surface area contributed by atoms with Gasteiger partial charge in [0.2, 0.25) is 5.89 Å². The van der Waals surface area contributed by atoms with Crippen LogP contribution in [-0.2, 0) is 15.2 Å². The SMILES string of the molecule is C#CCN.C#CCNC(=O)c1ccc(=O)[nH]n1.CC#N.Cc1cnc(-c2ccc(=O)[nH]n2)o1.O=C(O)c1ccc(=O)[nH]n1.[Cl][Au]([Cl])[Cl]. The normalized spacial score (nSPS) is 8.79. The van der Waals surface area contributed by atoms with Gasteiger partial charge in [-0.1, -0.05) is 11.8 Å². The number of nitrogens with two attached hydrogens (primary N) is 1. The molecule has 0 bridgehead atoms. The van der Waals surface area contributed by atoms with Gasteiger partial charge < -0.3 is 20.6 Å². The molecular weight excluding hydrogens is 868 g/mol. The number of nitrogens with one attached hydrogen (secondary N) is 4. The van der Waals surface area contributed by atoms with E-state index >= 15 is 0 Å². The number of nitriles is 1. The number of aromatic nitrogens is 7. The first-order chi connectivity index (χ1) is 22.2. The second-order valence-electron chi connectivity index (χ2n) is 7.15. The van der Waals surface area contributed by atoms with E-state index in [0.29, 0.717) is 23.9 Å². The number of terminal acetylenes is 2. The summed E-state index contributed by atoms with van der Waals surface area (Å²) in [6.45, 7) is 3.71. The Morgan fingerprint density at radius 2 is 1.40 bits per heavy atom. The molecule has 0 atom stereocenters. The van der Waals surface area contributed by atoms with Crippen molar-refractivity contribution in [2.45, 2.75) is 13.8 Å². The van der Waals surface area contributed by atoms with E-state index < -0.39 is 32.6 Å². The third-order valence-electron chi connectivity index (χ3n) is 3.80.